The molecule has 1 saturated carbocycles. The van der Waals surface area contributed by atoms with Crippen LogP contribution in [0.15, 0.2) is 34.2 Å². The van der Waals surface area contributed by atoms with E-state index in [1.54, 1.807) is 30.0 Å². The van der Waals surface area contributed by atoms with Crippen molar-refractivity contribution in [3.63, 3.8) is 0 Å². The fourth-order valence-electron chi connectivity index (χ4n) is 4.50. The van der Waals surface area contributed by atoms with Crippen LogP contribution in [-0.2, 0) is 12.3 Å². The Kier molecular flexibility index (Phi) is 5.91. The Bertz CT molecular complexity index is 1500. The summed E-state index contributed by atoms with van der Waals surface area (Å²) in [6.07, 6.45) is 4.50. The van der Waals surface area contributed by atoms with Gasteiger partial charge in [-0.3, -0.25) is 0 Å². The minimum absolute atomic E-state index is 0.198. The van der Waals surface area contributed by atoms with Gasteiger partial charge in [0.05, 0.1) is 24.4 Å². The van der Waals surface area contributed by atoms with Crippen LogP contribution in [-0.4, -0.2) is 26.7 Å². The first-order chi connectivity index (χ1) is 17.4. The van der Waals surface area contributed by atoms with Crippen LogP contribution in [0, 0.1) is 0 Å². The third-order valence-electron chi connectivity index (χ3n) is 6.42. The van der Waals surface area contributed by atoms with Gasteiger partial charge >= 0.3 is 0 Å². The second-order valence-electron chi connectivity index (χ2n) is 9.02. The number of alkyl halides is 2. The molecular weight excluding hydrogens is 506 g/mol. The normalized spacial score (nSPS) is 16.6. The number of ether oxygens (including phenoxy) is 2. The van der Waals surface area contributed by atoms with Crippen molar-refractivity contribution in [3.8, 4) is 23.0 Å². The number of halogens is 2. The van der Waals surface area contributed by atoms with E-state index in [2.05, 4.69) is 15.1 Å². The molecule has 7 nitrogen and oxygen atoms in total. The first-order valence-electron chi connectivity index (χ1n) is 11.8. The number of rotatable bonds is 7. The van der Waals surface area contributed by atoms with E-state index in [4.69, 9.17) is 13.9 Å². The molecule has 1 fully saturated rings. The van der Waals surface area contributed by atoms with Gasteiger partial charge in [0.25, 0.3) is 0 Å². The second-order valence-corrected chi connectivity index (χ2v) is 10.9. The Labute approximate surface area is 213 Å². The number of imidazole rings is 1. The fraction of sp³-hybridized carbons (Fsp3) is 0.400. The molecule has 5 aromatic rings. The molecular formula is C25H24F2N4O3S2. The van der Waals surface area contributed by atoms with Crippen molar-refractivity contribution < 1.29 is 22.7 Å². The summed E-state index contributed by atoms with van der Waals surface area (Å²) in [5.41, 5.74) is 0.527. The summed E-state index contributed by atoms with van der Waals surface area (Å²) in [6, 6.07) is 5.41. The lowest BCUT2D eigenvalue weighted by atomic mass is 9.87. The fourth-order valence-corrected chi connectivity index (χ4v) is 6.26. The van der Waals surface area contributed by atoms with E-state index >= 15 is 4.39 Å². The highest BCUT2D eigenvalue weighted by atomic mass is 32.1. The number of furan rings is 1. The molecule has 188 valence electrons. The van der Waals surface area contributed by atoms with Crippen LogP contribution in [0.1, 0.15) is 60.9 Å². The van der Waals surface area contributed by atoms with Gasteiger partial charge in [-0.2, -0.15) is 5.10 Å². The van der Waals surface area contributed by atoms with Crippen LogP contribution < -0.4 is 9.47 Å². The number of hydrogen-bond donors (Lipinski definition) is 0. The van der Waals surface area contributed by atoms with Gasteiger partial charge in [0.2, 0.25) is 4.96 Å². The molecule has 11 heteroatoms. The van der Waals surface area contributed by atoms with Crippen LogP contribution in [0.25, 0.3) is 27.4 Å². The number of benzene rings is 1. The van der Waals surface area contributed by atoms with Crippen LogP contribution in [0.5, 0.6) is 11.5 Å². The van der Waals surface area contributed by atoms with Crippen molar-refractivity contribution in [1.82, 2.24) is 19.6 Å². The lowest BCUT2D eigenvalue weighted by Gasteiger charge is -2.27. The van der Waals surface area contributed by atoms with Crippen molar-refractivity contribution in [2.45, 2.75) is 57.5 Å². The zero-order chi connectivity index (χ0) is 24.9. The van der Waals surface area contributed by atoms with Gasteiger partial charge in [0, 0.05) is 17.5 Å². The van der Waals surface area contributed by atoms with Crippen LogP contribution in [0.4, 0.5) is 8.78 Å². The van der Waals surface area contributed by atoms with Gasteiger partial charge in [-0.15, -0.1) is 11.3 Å². The maximum absolute atomic E-state index is 15.3. The van der Waals surface area contributed by atoms with E-state index < -0.39 is 11.8 Å². The van der Waals surface area contributed by atoms with Gasteiger partial charge in [0.15, 0.2) is 22.6 Å². The van der Waals surface area contributed by atoms with Crippen molar-refractivity contribution in [3.05, 3.63) is 45.5 Å². The van der Waals surface area contributed by atoms with E-state index in [1.807, 2.05) is 11.4 Å². The summed E-state index contributed by atoms with van der Waals surface area (Å²) in [4.78, 5) is 9.68. The Balaban J connectivity index is 1.27. The van der Waals surface area contributed by atoms with Crippen LogP contribution in [0.3, 0.4) is 0 Å². The predicted octanol–water partition coefficient (Wildman–Crippen LogP) is 7.41. The maximum Gasteiger partial charge on any atom is 0.212 e. The average Bonchev–Trinajstić information content (AvgIpc) is 3.65. The van der Waals surface area contributed by atoms with E-state index in [1.165, 1.54) is 29.6 Å². The molecule has 36 heavy (non-hydrogen) atoms. The smallest absolute Gasteiger partial charge is 0.212 e. The summed E-state index contributed by atoms with van der Waals surface area (Å²) in [6.45, 7) is 1.65. The molecule has 1 atom stereocenters. The average molecular weight is 531 g/mol. The Morgan fingerprint density at radius 3 is 2.78 bits per heavy atom. The minimum Gasteiger partial charge on any atom is -0.496 e. The molecule has 0 radical (unpaired) electrons. The molecule has 0 bridgehead atoms. The Morgan fingerprint density at radius 2 is 2.03 bits per heavy atom. The molecule has 0 N–H and O–H groups in total. The molecule has 1 aromatic carbocycles. The lowest BCUT2D eigenvalue weighted by Crippen LogP contribution is -2.23. The first-order valence-corrected chi connectivity index (χ1v) is 13.5. The summed E-state index contributed by atoms with van der Waals surface area (Å²) >= 11 is 2.56. The SMILES string of the molecule is COc1cc(OCc2csc(C3(F)CCCCC3)n2)c2cc(-c3cn4nc([C@H](C)F)sc4n3)oc2c1. The molecule has 0 unspecified atom stereocenters. The number of nitrogens with zero attached hydrogens (tertiary/aromatic N) is 4. The monoisotopic (exact) mass is 530 g/mol. The number of methoxy groups -OCH3 is 1. The number of fused-ring (bicyclic) bond motifs is 2. The summed E-state index contributed by atoms with van der Waals surface area (Å²) in [5, 5.41) is 7.77. The van der Waals surface area contributed by atoms with Crippen molar-refractivity contribution in [1.29, 1.82) is 0 Å². The molecule has 4 heterocycles. The molecule has 1 aliphatic carbocycles. The van der Waals surface area contributed by atoms with E-state index in [9.17, 15) is 4.39 Å². The molecule has 0 aliphatic heterocycles. The van der Waals surface area contributed by atoms with Gasteiger partial charge in [0.1, 0.15) is 34.4 Å². The summed E-state index contributed by atoms with van der Waals surface area (Å²) in [5.74, 6) is 1.67. The molecule has 0 spiro atoms. The standard InChI is InChI=1S/C25H24F2N4O3S2/c1-14(26)22-30-31-11-18(29-24(31)36-22)21-10-17-19(8-16(32-2)9-20(17)34-21)33-12-15-13-35-23(28-15)25(27)6-4-3-5-7-25/h8-11,13-14H,3-7,12H2,1-2H3/t14-/m0/s1. The van der Waals surface area contributed by atoms with Crippen molar-refractivity contribution in [2.75, 3.05) is 7.11 Å². The summed E-state index contributed by atoms with van der Waals surface area (Å²) in [7, 11) is 1.57. The molecule has 4 aromatic heterocycles. The van der Waals surface area contributed by atoms with Crippen molar-refractivity contribution in [2.24, 2.45) is 0 Å². The highest BCUT2D eigenvalue weighted by Gasteiger charge is 2.36. The van der Waals surface area contributed by atoms with Gasteiger partial charge in [-0.25, -0.2) is 23.3 Å². The third kappa shape index (κ3) is 4.24. The quantitative estimate of drug-likeness (QED) is 0.218. The third-order valence-corrected chi connectivity index (χ3v) is 8.56. The number of aromatic nitrogens is 4. The van der Waals surface area contributed by atoms with E-state index in [0.29, 0.717) is 62.0 Å². The summed E-state index contributed by atoms with van der Waals surface area (Å²) < 4.78 is 48.1. The molecule has 1 aliphatic rings. The molecule has 0 amide bonds. The lowest BCUT2D eigenvalue weighted by molar-refractivity contribution is 0.105. The zero-order valence-corrected chi connectivity index (χ0v) is 21.4. The van der Waals surface area contributed by atoms with E-state index in [-0.39, 0.29) is 6.61 Å². The second kappa shape index (κ2) is 9.11. The van der Waals surface area contributed by atoms with Gasteiger partial charge in [-0.05, 0) is 38.7 Å². The van der Waals surface area contributed by atoms with Crippen molar-refractivity contribution >= 4 is 38.6 Å². The van der Waals surface area contributed by atoms with Gasteiger partial charge in [-0.1, -0.05) is 17.8 Å². The Morgan fingerprint density at radius 1 is 1.19 bits per heavy atom. The Hall–Kier alpha value is -3.05. The number of thiazole rings is 1. The highest BCUT2D eigenvalue weighted by Crippen LogP contribution is 2.42. The predicted molar refractivity (Wildman–Crippen MR) is 134 cm³/mol. The number of hydrogen-bond acceptors (Lipinski definition) is 8. The van der Waals surface area contributed by atoms with E-state index in [0.717, 1.165) is 24.6 Å². The highest BCUT2D eigenvalue weighted by molar-refractivity contribution is 7.16. The first kappa shape index (κ1) is 23.4. The zero-order valence-electron chi connectivity index (χ0n) is 19.8. The maximum atomic E-state index is 15.3. The minimum atomic E-state index is -1.32. The molecule has 6 rings (SSSR count). The van der Waals surface area contributed by atoms with Crippen LogP contribution >= 0.6 is 22.7 Å². The topological polar surface area (TPSA) is 74.7 Å². The van der Waals surface area contributed by atoms with Crippen LogP contribution in [0.2, 0.25) is 0 Å². The van der Waals surface area contributed by atoms with Gasteiger partial charge < -0.3 is 13.9 Å². The largest absolute Gasteiger partial charge is 0.496 e. The molecule has 0 saturated heterocycles.